The van der Waals surface area contributed by atoms with E-state index in [1.165, 1.54) is 18.6 Å². The number of rotatable bonds is 4. The summed E-state index contributed by atoms with van der Waals surface area (Å²) in [6, 6.07) is 10.9. The highest BCUT2D eigenvalue weighted by atomic mass is 19.1. The monoisotopic (exact) mass is 245 g/mol. The zero-order valence-corrected chi connectivity index (χ0v) is 10.3. The van der Waals surface area contributed by atoms with Gasteiger partial charge in [-0.2, -0.15) is 0 Å². The molecule has 3 rings (SSSR count). The second-order valence-corrected chi connectivity index (χ2v) is 4.97. The van der Waals surface area contributed by atoms with Gasteiger partial charge in [0.1, 0.15) is 17.3 Å². The Balaban J connectivity index is 1.67. The van der Waals surface area contributed by atoms with E-state index in [-0.39, 0.29) is 5.82 Å². The van der Waals surface area contributed by atoms with Gasteiger partial charge in [0.2, 0.25) is 0 Å². The van der Waals surface area contributed by atoms with Gasteiger partial charge in [0.15, 0.2) is 0 Å². The number of benzene rings is 1. The van der Waals surface area contributed by atoms with Crippen LogP contribution in [-0.4, -0.2) is 6.04 Å². The van der Waals surface area contributed by atoms with Crippen LogP contribution in [0.1, 0.15) is 19.1 Å². The minimum Gasteiger partial charge on any atom is -0.460 e. The molecule has 0 spiro atoms. The smallest absolute Gasteiger partial charge is 0.134 e. The number of halogens is 1. The zero-order chi connectivity index (χ0) is 12.5. The quantitative estimate of drug-likeness (QED) is 0.890. The first-order valence-corrected chi connectivity index (χ1v) is 6.30. The minimum atomic E-state index is -0.227. The SMILES string of the molecule is CC1CC1NCc1ccc(-c2ccc(F)cc2)o1. The molecule has 2 aromatic rings. The molecule has 1 aliphatic carbocycles. The lowest BCUT2D eigenvalue weighted by atomic mass is 10.2. The van der Waals surface area contributed by atoms with Crippen molar-refractivity contribution in [2.24, 2.45) is 5.92 Å². The van der Waals surface area contributed by atoms with E-state index in [0.717, 1.165) is 29.5 Å². The van der Waals surface area contributed by atoms with Gasteiger partial charge in [0.05, 0.1) is 6.54 Å². The highest BCUT2D eigenvalue weighted by Gasteiger charge is 2.31. The van der Waals surface area contributed by atoms with Gasteiger partial charge in [0.25, 0.3) is 0 Å². The third-order valence-electron chi connectivity index (χ3n) is 3.44. The largest absolute Gasteiger partial charge is 0.460 e. The molecule has 0 amide bonds. The molecule has 1 aromatic carbocycles. The van der Waals surface area contributed by atoms with Crippen LogP contribution in [0.4, 0.5) is 4.39 Å². The molecule has 1 aromatic heterocycles. The first-order chi connectivity index (χ1) is 8.72. The van der Waals surface area contributed by atoms with Gasteiger partial charge in [-0.05, 0) is 48.7 Å². The Morgan fingerprint density at radius 1 is 1.22 bits per heavy atom. The van der Waals surface area contributed by atoms with E-state index in [9.17, 15) is 4.39 Å². The highest BCUT2D eigenvalue weighted by molar-refractivity contribution is 5.57. The van der Waals surface area contributed by atoms with Crippen molar-refractivity contribution in [3.05, 3.63) is 48.0 Å². The number of nitrogens with one attached hydrogen (secondary N) is 1. The van der Waals surface area contributed by atoms with E-state index in [2.05, 4.69) is 12.2 Å². The lowest BCUT2D eigenvalue weighted by Gasteiger charge is -2.00. The average Bonchev–Trinajstić information content (AvgIpc) is 2.89. The van der Waals surface area contributed by atoms with Gasteiger partial charge in [-0.15, -0.1) is 0 Å². The summed E-state index contributed by atoms with van der Waals surface area (Å²) in [5.41, 5.74) is 0.905. The lowest BCUT2D eigenvalue weighted by molar-refractivity contribution is 0.488. The van der Waals surface area contributed by atoms with Crippen LogP contribution in [0, 0.1) is 11.7 Å². The second-order valence-electron chi connectivity index (χ2n) is 4.97. The van der Waals surface area contributed by atoms with Crippen LogP contribution in [0.25, 0.3) is 11.3 Å². The fourth-order valence-corrected chi connectivity index (χ4v) is 2.08. The van der Waals surface area contributed by atoms with Crippen LogP contribution < -0.4 is 5.32 Å². The molecule has 1 heterocycles. The summed E-state index contributed by atoms with van der Waals surface area (Å²) in [6.07, 6.45) is 1.26. The second kappa shape index (κ2) is 4.58. The van der Waals surface area contributed by atoms with Crippen molar-refractivity contribution in [1.82, 2.24) is 5.32 Å². The molecule has 1 aliphatic rings. The standard InChI is InChI=1S/C15H16FNO/c1-10-8-14(10)17-9-13-6-7-15(18-13)11-2-4-12(16)5-3-11/h2-7,10,14,17H,8-9H2,1H3. The maximum atomic E-state index is 12.8. The van der Waals surface area contributed by atoms with E-state index >= 15 is 0 Å². The molecule has 0 saturated heterocycles. The predicted molar refractivity (Wildman–Crippen MR) is 68.5 cm³/mol. The Bertz CT molecular complexity index is 532. The van der Waals surface area contributed by atoms with Crippen molar-refractivity contribution in [1.29, 1.82) is 0 Å². The number of hydrogen-bond donors (Lipinski definition) is 1. The molecule has 2 nitrogen and oxygen atoms in total. The van der Waals surface area contributed by atoms with Crippen LogP contribution in [0.15, 0.2) is 40.8 Å². The van der Waals surface area contributed by atoms with Gasteiger partial charge in [-0.25, -0.2) is 4.39 Å². The Morgan fingerprint density at radius 2 is 1.94 bits per heavy atom. The third-order valence-corrected chi connectivity index (χ3v) is 3.44. The van der Waals surface area contributed by atoms with Crippen LogP contribution >= 0.6 is 0 Å². The predicted octanol–water partition coefficient (Wildman–Crippen LogP) is 3.58. The van der Waals surface area contributed by atoms with Crippen molar-refractivity contribution in [3.8, 4) is 11.3 Å². The molecule has 1 N–H and O–H groups in total. The van der Waals surface area contributed by atoms with Crippen molar-refractivity contribution < 1.29 is 8.81 Å². The molecule has 3 heteroatoms. The van der Waals surface area contributed by atoms with Gasteiger partial charge in [0, 0.05) is 11.6 Å². The first-order valence-electron chi connectivity index (χ1n) is 6.30. The van der Waals surface area contributed by atoms with Crippen LogP contribution in [-0.2, 0) is 6.54 Å². The molecule has 2 unspecified atom stereocenters. The molecular formula is C15H16FNO. The van der Waals surface area contributed by atoms with E-state index in [4.69, 9.17) is 4.42 Å². The molecule has 2 atom stereocenters. The van der Waals surface area contributed by atoms with E-state index in [0.29, 0.717) is 6.04 Å². The summed E-state index contributed by atoms with van der Waals surface area (Å²) in [4.78, 5) is 0. The topological polar surface area (TPSA) is 25.2 Å². The summed E-state index contributed by atoms with van der Waals surface area (Å²) in [6.45, 7) is 3.00. The fraction of sp³-hybridized carbons (Fsp3) is 0.333. The Kier molecular flexibility index (Phi) is 2.92. The number of furan rings is 1. The molecule has 0 aliphatic heterocycles. The lowest BCUT2D eigenvalue weighted by Crippen LogP contribution is -2.16. The Labute approximate surface area is 106 Å². The number of hydrogen-bond acceptors (Lipinski definition) is 2. The van der Waals surface area contributed by atoms with Crippen LogP contribution in [0.2, 0.25) is 0 Å². The average molecular weight is 245 g/mol. The van der Waals surface area contributed by atoms with Crippen molar-refractivity contribution >= 4 is 0 Å². The molecule has 18 heavy (non-hydrogen) atoms. The van der Waals surface area contributed by atoms with Crippen molar-refractivity contribution in [2.75, 3.05) is 0 Å². The van der Waals surface area contributed by atoms with E-state index in [1.807, 2.05) is 12.1 Å². The molecule has 94 valence electrons. The Morgan fingerprint density at radius 3 is 2.61 bits per heavy atom. The molecule has 1 saturated carbocycles. The van der Waals surface area contributed by atoms with Gasteiger partial charge < -0.3 is 9.73 Å². The third kappa shape index (κ3) is 2.46. The van der Waals surface area contributed by atoms with E-state index in [1.54, 1.807) is 12.1 Å². The van der Waals surface area contributed by atoms with E-state index < -0.39 is 0 Å². The summed E-state index contributed by atoms with van der Waals surface area (Å²) >= 11 is 0. The van der Waals surface area contributed by atoms with Crippen molar-refractivity contribution in [2.45, 2.75) is 25.9 Å². The summed E-state index contributed by atoms with van der Waals surface area (Å²) in [7, 11) is 0. The first kappa shape index (κ1) is 11.5. The molecule has 1 fully saturated rings. The normalized spacial score (nSPS) is 22.1. The Hall–Kier alpha value is -1.61. The van der Waals surface area contributed by atoms with Crippen LogP contribution in [0.3, 0.4) is 0 Å². The maximum absolute atomic E-state index is 12.8. The summed E-state index contributed by atoms with van der Waals surface area (Å²) in [5, 5.41) is 3.44. The van der Waals surface area contributed by atoms with Gasteiger partial charge in [-0.3, -0.25) is 0 Å². The van der Waals surface area contributed by atoms with Crippen molar-refractivity contribution in [3.63, 3.8) is 0 Å². The maximum Gasteiger partial charge on any atom is 0.134 e. The summed E-state index contributed by atoms with van der Waals surface area (Å²) < 4.78 is 18.6. The highest BCUT2D eigenvalue weighted by Crippen LogP contribution is 2.29. The minimum absolute atomic E-state index is 0.227. The molecule has 0 bridgehead atoms. The summed E-state index contributed by atoms with van der Waals surface area (Å²) in [5.74, 6) is 2.27. The zero-order valence-electron chi connectivity index (χ0n) is 10.3. The van der Waals surface area contributed by atoms with Gasteiger partial charge >= 0.3 is 0 Å². The fourth-order valence-electron chi connectivity index (χ4n) is 2.08. The molecular weight excluding hydrogens is 229 g/mol. The van der Waals surface area contributed by atoms with Gasteiger partial charge in [-0.1, -0.05) is 6.92 Å². The van der Waals surface area contributed by atoms with Crippen LogP contribution in [0.5, 0.6) is 0 Å². The molecule has 0 radical (unpaired) electrons.